The van der Waals surface area contributed by atoms with E-state index >= 15 is 0 Å². The first kappa shape index (κ1) is 22.0. The molecule has 1 aliphatic carbocycles. The standard InChI is InChI=1S/C20H27N7O2S/c1-27(22)18(10-21)30-17-8-7-15(26-29-2)9-16(17)19(28)25-20-23-11-14(12-24-20)13-5-3-4-6-13/h7-13,26H,3-6,21-22H2,1-2H3,(H,23,24,25,28)/p+1/b18-10+. The fourth-order valence-corrected chi connectivity index (χ4v) is 4.24. The summed E-state index contributed by atoms with van der Waals surface area (Å²) in [6, 6.07) is 5.40. The quantitative estimate of drug-likeness (QED) is 0.215. The number of hydrogen-bond donors (Lipinski definition) is 4. The van der Waals surface area contributed by atoms with Gasteiger partial charge in [-0.05, 0) is 30.4 Å². The second-order valence-electron chi connectivity index (χ2n) is 7.10. The number of benzene rings is 1. The molecule has 0 unspecified atom stereocenters. The Kier molecular flexibility index (Phi) is 7.63. The van der Waals surface area contributed by atoms with Crippen molar-refractivity contribution in [3.8, 4) is 0 Å². The third-order valence-corrected chi connectivity index (χ3v) is 6.14. The number of nitrogens with zero attached hydrogens (tertiary/aromatic N) is 3. The maximum atomic E-state index is 13.0. The third kappa shape index (κ3) is 5.48. The van der Waals surface area contributed by atoms with E-state index in [0.717, 1.165) is 11.3 Å². The number of hydrogen-bond acceptors (Lipinski definition) is 8. The Bertz CT molecular complexity index is 897. The van der Waals surface area contributed by atoms with Crippen molar-refractivity contribution in [2.45, 2.75) is 36.5 Å². The molecule has 3 rings (SSSR count). The Labute approximate surface area is 180 Å². The maximum absolute atomic E-state index is 13.0. The van der Waals surface area contributed by atoms with Crippen molar-refractivity contribution in [2.24, 2.45) is 11.6 Å². The third-order valence-electron chi connectivity index (χ3n) is 4.93. The summed E-state index contributed by atoms with van der Waals surface area (Å²) >= 11 is 1.29. The van der Waals surface area contributed by atoms with E-state index in [0.29, 0.717) is 21.4 Å². The van der Waals surface area contributed by atoms with Gasteiger partial charge in [0.15, 0.2) is 5.69 Å². The number of carbonyl (C=O) groups is 1. The summed E-state index contributed by atoms with van der Waals surface area (Å²) in [6.07, 6.45) is 9.85. The topological polar surface area (TPSA) is 136 Å². The Balaban J connectivity index is 1.81. The SMILES string of the molecule is CO[NH2+]c1ccc(S/C(=C/N)N(C)N)c(C(=O)Nc2ncc(C3CCCC3)cn2)c1. The molecular formula is C20H28N7O2S+. The molecule has 1 fully saturated rings. The highest BCUT2D eigenvalue weighted by atomic mass is 32.2. The van der Waals surface area contributed by atoms with Crippen molar-refractivity contribution in [2.75, 3.05) is 19.5 Å². The van der Waals surface area contributed by atoms with Crippen molar-refractivity contribution in [3.63, 3.8) is 0 Å². The van der Waals surface area contributed by atoms with Crippen LogP contribution in [0.15, 0.2) is 46.7 Å². The van der Waals surface area contributed by atoms with Gasteiger partial charge in [0.25, 0.3) is 5.91 Å². The summed E-state index contributed by atoms with van der Waals surface area (Å²) in [4.78, 5) is 27.5. The predicted molar refractivity (Wildman–Crippen MR) is 116 cm³/mol. The van der Waals surface area contributed by atoms with E-state index in [9.17, 15) is 4.79 Å². The highest BCUT2D eigenvalue weighted by molar-refractivity contribution is 8.03. The van der Waals surface area contributed by atoms with E-state index in [1.54, 1.807) is 25.7 Å². The first-order valence-corrected chi connectivity index (χ1v) is 10.5. The second kappa shape index (κ2) is 10.4. The molecule has 30 heavy (non-hydrogen) atoms. The molecular weight excluding hydrogens is 402 g/mol. The molecule has 160 valence electrons. The lowest BCUT2D eigenvalue weighted by molar-refractivity contribution is -0.830. The van der Waals surface area contributed by atoms with Gasteiger partial charge in [-0.25, -0.2) is 20.6 Å². The van der Waals surface area contributed by atoms with Crippen molar-refractivity contribution < 1.29 is 15.1 Å². The average molecular weight is 431 g/mol. The number of thioether (sulfide) groups is 1. The van der Waals surface area contributed by atoms with Crippen LogP contribution in [0, 0.1) is 0 Å². The normalized spacial score (nSPS) is 14.7. The monoisotopic (exact) mass is 430 g/mol. The lowest BCUT2D eigenvalue weighted by Crippen LogP contribution is -2.75. The van der Waals surface area contributed by atoms with Crippen LogP contribution in [0.5, 0.6) is 0 Å². The van der Waals surface area contributed by atoms with Gasteiger partial charge in [0.05, 0.1) is 12.7 Å². The predicted octanol–water partition coefficient (Wildman–Crippen LogP) is 1.80. The van der Waals surface area contributed by atoms with Crippen molar-refractivity contribution in [1.29, 1.82) is 0 Å². The summed E-state index contributed by atoms with van der Waals surface area (Å²) in [7, 11) is 3.24. The van der Waals surface area contributed by atoms with Gasteiger partial charge in [-0.1, -0.05) is 24.6 Å². The number of anilines is 1. The zero-order valence-corrected chi connectivity index (χ0v) is 18.0. The molecule has 9 nitrogen and oxygen atoms in total. The highest BCUT2D eigenvalue weighted by Gasteiger charge is 2.20. The second-order valence-corrected chi connectivity index (χ2v) is 8.16. The molecule has 10 heteroatoms. The molecule has 0 spiro atoms. The van der Waals surface area contributed by atoms with E-state index in [1.165, 1.54) is 48.7 Å². The van der Waals surface area contributed by atoms with Crippen LogP contribution in [0.3, 0.4) is 0 Å². The number of carbonyl (C=O) groups excluding carboxylic acids is 1. The maximum Gasteiger partial charge on any atom is 0.259 e. The lowest BCUT2D eigenvalue weighted by Gasteiger charge is -2.17. The fourth-order valence-electron chi connectivity index (χ4n) is 3.40. The van der Waals surface area contributed by atoms with Crippen molar-refractivity contribution in [3.05, 3.63) is 52.9 Å². The van der Waals surface area contributed by atoms with Gasteiger partial charge in [0, 0.05) is 42.7 Å². The van der Waals surface area contributed by atoms with Gasteiger partial charge >= 0.3 is 0 Å². The molecule has 1 aliphatic rings. The lowest BCUT2D eigenvalue weighted by atomic mass is 10.0. The molecule has 0 radical (unpaired) electrons. The van der Waals surface area contributed by atoms with Crippen LogP contribution >= 0.6 is 11.8 Å². The van der Waals surface area contributed by atoms with E-state index < -0.39 is 0 Å². The van der Waals surface area contributed by atoms with Gasteiger partial charge in [-0.3, -0.25) is 10.1 Å². The number of aromatic nitrogens is 2. The van der Waals surface area contributed by atoms with Crippen LogP contribution in [0.1, 0.15) is 47.5 Å². The molecule has 0 atom stereocenters. The van der Waals surface area contributed by atoms with Crippen molar-refractivity contribution >= 4 is 29.3 Å². The smallest absolute Gasteiger partial charge is 0.259 e. The number of quaternary nitrogens is 1. The van der Waals surface area contributed by atoms with Crippen LogP contribution in [-0.2, 0) is 4.84 Å². The molecule has 0 aliphatic heterocycles. The fraction of sp³-hybridized carbons (Fsp3) is 0.350. The number of rotatable bonds is 8. The summed E-state index contributed by atoms with van der Waals surface area (Å²) < 4.78 is 0. The van der Waals surface area contributed by atoms with Gasteiger partial charge in [-0.15, -0.1) is 0 Å². The summed E-state index contributed by atoms with van der Waals surface area (Å²) in [5, 5.41) is 4.78. The molecule has 0 saturated heterocycles. The largest absolute Gasteiger partial charge is 0.402 e. The summed E-state index contributed by atoms with van der Waals surface area (Å²) in [6.45, 7) is 0. The van der Waals surface area contributed by atoms with E-state index in [2.05, 4.69) is 15.3 Å². The van der Waals surface area contributed by atoms with Crippen LogP contribution in [0.25, 0.3) is 0 Å². The molecule has 1 aromatic carbocycles. The summed E-state index contributed by atoms with van der Waals surface area (Å²) in [5.74, 6) is 6.27. The Morgan fingerprint density at radius 2 is 2.03 bits per heavy atom. The first-order valence-electron chi connectivity index (χ1n) is 9.73. The van der Waals surface area contributed by atoms with Crippen LogP contribution in [0.4, 0.5) is 11.6 Å². The molecule has 1 heterocycles. The molecule has 2 aromatic rings. The highest BCUT2D eigenvalue weighted by Crippen LogP contribution is 2.34. The molecule has 0 bridgehead atoms. The van der Waals surface area contributed by atoms with Crippen molar-refractivity contribution in [1.82, 2.24) is 15.0 Å². The van der Waals surface area contributed by atoms with E-state index in [-0.39, 0.29) is 11.9 Å². The zero-order valence-electron chi connectivity index (χ0n) is 17.2. The minimum absolute atomic E-state index is 0.268. The zero-order chi connectivity index (χ0) is 21.5. The van der Waals surface area contributed by atoms with Gasteiger partial charge in [0.1, 0.15) is 5.03 Å². The number of hydrazine groups is 1. The van der Waals surface area contributed by atoms with Gasteiger partial charge in [-0.2, -0.15) is 5.48 Å². The Morgan fingerprint density at radius 1 is 1.33 bits per heavy atom. The number of nitrogens with one attached hydrogen (secondary N) is 1. The van der Waals surface area contributed by atoms with Crippen LogP contribution in [0.2, 0.25) is 0 Å². The molecule has 7 N–H and O–H groups in total. The Hall–Kier alpha value is -2.66. The number of amides is 1. The van der Waals surface area contributed by atoms with E-state index in [1.807, 2.05) is 24.5 Å². The van der Waals surface area contributed by atoms with E-state index in [4.69, 9.17) is 16.4 Å². The van der Waals surface area contributed by atoms with Crippen LogP contribution < -0.4 is 22.4 Å². The van der Waals surface area contributed by atoms with Crippen LogP contribution in [-0.4, -0.2) is 35.0 Å². The minimum Gasteiger partial charge on any atom is -0.402 e. The van der Waals surface area contributed by atoms with Gasteiger partial charge < -0.3 is 10.7 Å². The van der Waals surface area contributed by atoms with Gasteiger partial charge in [0.2, 0.25) is 5.95 Å². The molecule has 1 aromatic heterocycles. The molecule has 1 saturated carbocycles. The minimum atomic E-state index is -0.325. The summed E-state index contributed by atoms with van der Waals surface area (Å²) in [5.41, 5.74) is 9.55. The Morgan fingerprint density at radius 3 is 2.63 bits per heavy atom. The number of nitrogens with two attached hydrogens (primary N) is 3. The molecule has 1 amide bonds. The average Bonchev–Trinajstić information content (AvgIpc) is 3.28. The first-order chi connectivity index (χ1) is 14.5.